The van der Waals surface area contributed by atoms with Crippen LogP contribution in [-0.4, -0.2) is 90.3 Å². The number of carbonyl (C=O) groups is 5. The lowest BCUT2D eigenvalue weighted by Gasteiger charge is -2.42. The maximum Gasteiger partial charge on any atom is 0.410 e. The second-order valence-corrected chi connectivity index (χ2v) is 19.6. The third-order valence-electron chi connectivity index (χ3n) is 12.7. The molecule has 4 fully saturated rings. The molecule has 1 aromatic rings. The Morgan fingerprint density at radius 3 is 2.39 bits per heavy atom. The van der Waals surface area contributed by atoms with Gasteiger partial charge < -0.3 is 25.0 Å². The molecule has 54 heavy (non-hydrogen) atoms. The first kappa shape index (κ1) is 38.4. The van der Waals surface area contributed by atoms with E-state index in [2.05, 4.69) is 21.4 Å². The Bertz CT molecular complexity index is 1800. The Morgan fingerprint density at radius 1 is 1.02 bits per heavy atom. The molecule has 14 nitrogen and oxygen atoms in total. The number of alkyl carbamates (subject to hydrolysis) is 1. The summed E-state index contributed by atoms with van der Waals surface area (Å²) < 4.78 is 39.5. The van der Waals surface area contributed by atoms with E-state index in [0.717, 1.165) is 56.1 Å². The molecule has 3 saturated carbocycles. The van der Waals surface area contributed by atoms with Gasteiger partial charge in [0.1, 0.15) is 23.7 Å². The number of nitrogens with zero attached hydrogens (tertiary/aromatic N) is 2. The topological polar surface area (TPSA) is 181 Å². The van der Waals surface area contributed by atoms with Crippen LogP contribution in [-0.2, 0) is 53.4 Å². The lowest BCUT2D eigenvalue weighted by molar-refractivity contribution is -0.143. The van der Waals surface area contributed by atoms with E-state index < -0.39 is 74.3 Å². The fourth-order valence-electron chi connectivity index (χ4n) is 8.89. The number of nitrogens with one attached hydrogen (secondary N) is 3. The predicted molar refractivity (Wildman–Crippen MR) is 197 cm³/mol. The summed E-state index contributed by atoms with van der Waals surface area (Å²) in [5.74, 6) is -2.30. The van der Waals surface area contributed by atoms with Gasteiger partial charge in [0.05, 0.1) is 18.4 Å². The van der Waals surface area contributed by atoms with Crippen molar-refractivity contribution in [3.63, 3.8) is 0 Å². The lowest BCUT2D eigenvalue weighted by Crippen LogP contribution is -2.60. The average molecular weight is 770 g/mol. The molecular weight excluding hydrogens is 715 g/mol. The number of fused-ring (bicyclic) bond motifs is 3. The molecule has 3 aliphatic carbocycles. The molecule has 3 heterocycles. The van der Waals surface area contributed by atoms with E-state index in [1.165, 1.54) is 10.5 Å². The van der Waals surface area contributed by atoms with Gasteiger partial charge in [-0.25, -0.2) is 18.0 Å². The number of hydrogen-bond donors (Lipinski definition) is 3. The van der Waals surface area contributed by atoms with Crippen LogP contribution in [0.25, 0.3) is 0 Å². The standard InChI is InChI=1S/C39H55N5O9S/c1-5-26-19-39(26,34(47)42-54(50,51)28-13-14-28)41-32(45)30-18-27-21-44(30)33(46)31(37(2,3)4)40-35(48)52-23-38(16-9-17-38)15-7-6-10-24-11-8-12-25-20-43(22-29(24)25)36(49)53-27/h8,11-12,26-28,30-31H,5-7,9-10,13-23H2,1-4H3,(H,40,48)(H,41,45)(H,42,47)/t26-,27-,30+,31-,39-/m1/s1. The molecule has 15 heteroatoms. The summed E-state index contributed by atoms with van der Waals surface area (Å²) in [6.45, 7) is 8.20. The van der Waals surface area contributed by atoms with Crippen LogP contribution in [0.5, 0.6) is 0 Å². The Morgan fingerprint density at radius 2 is 1.74 bits per heavy atom. The minimum atomic E-state index is -3.87. The van der Waals surface area contributed by atoms with E-state index in [1.54, 1.807) is 25.7 Å². The molecule has 0 aromatic heterocycles. The van der Waals surface area contributed by atoms with Crippen LogP contribution < -0.4 is 15.4 Å². The van der Waals surface area contributed by atoms with E-state index in [-0.39, 0.29) is 37.3 Å². The van der Waals surface area contributed by atoms with E-state index in [1.807, 2.05) is 19.1 Å². The number of cyclic esters (lactones) is 1. The molecule has 5 atom stereocenters. The number of hydrogen-bond acceptors (Lipinski definition) is 9. The molecule has 4 bridgehead atoms. The monoisotopic (exact) mass is 769 g/mol. The normalized spacial score (nSPS) is 30.1. The molecule has 296 valence electrons. The average Bonchev–Trinajstić information content (AvgIpc) is 3.99. The van der Waals surface area contributed by atoms with Gasteiger partial charge in [-0.2, -0.15) is 0 Å². The number of sulfonamides is 1. The van der Waals surface area contributed by atoms with Crippen molar-refractivity contribution < 1.29 is 41.9 Å². The fraction of sp³-hybridized carbons (Fsp3) is 0.718. The van der Waals surface area contributed by atoms with Crippen molar-refractivity contribution in [3.8, 4) is 0 Å². The third-order valence-corrected chi connectivity index (χ3v) is 14.5. The first-order chi connectivity index (χ1) is 25.5. The fourth-order valence-corrected chi connectivity index (χ4v) is 10.3. The van der Waals surface area contributed by atoms with Crippen LogP contribution in [0.1, 0.15) is 115 Å². The lowest BCUT2D eigenvalue weighted by atomic mass is 9.66. The van der Waals surface area contributed by atoms with Gasteiger partial charge in [-0.05, 0) is 79.4 Å². The number of carbonyl (C=O) groups excluding carboxylic acids is 5. The van der Waals surface area contributed by atoms with E-state index >= 15 is 0 Å². The quantitative estimate of drug-likeness (QED) is 0.385. The summed E-state index contributed by atoms with van der Waals surface area (Å²) in [7, 11) is -3.87. The summed E-state index contributed by atoms with van der Waals surface area (Å²) in [6, 6.07) is 3.88. The Kier molecular flexibility index (Phi) is 10.2. The van der Waals surface area contributed by atoms with Gasteiger partial charge in [0.2, 0.25) is 21.8 Å². The van der Waals surface area contributed by atoms with E-state index in [4.69, 9.17) is 9.47 Å². The van der Waals surface area contributed by atoms with Crippen LogP contribution in [0, 0.1) is 16.7 Å². The summed E-state index contributed by atoms with van der Waals surface area (Å²) >= 11 is 0. The zero-order valence-corrected chi connectivity index (χ0v) is 32.7. The highest BCUT2D eigenvalue weighted by molar-refractivity contribution is 7.91. The summed E-state index contributed by atoms with van der Waals surface area (Å²) in [4.78, 5) is 72.4. The molecule has 5 amide bonds. The summed E-state index contributed by atoms with van der Waals surface area (Å²) in [5.41, 5.74) is 1.04. The van der Waals surface area contributed by atoms with Crippen molar-refractivity contribution in [2.75, 3.05) is 13.2 Å². The highest BCUT2D eigenvalue weighted by Crippen LogP contribution is 2.47. The molecule has 3 aliphatic heterocycles. The van der Waals surface area contributed by atoms with Gasteiger partial charge in [-0.3, -0.25) is 24.0 Å². The molecule has 1 aromatic carbocycles. The van der Waals surface area contributed by atoms with E-state index in [9.17, 15) is 32.4 Å². The maximum atomic E-state index is 14.6. The number of amides is 5. The SMILES string of the molecule is CC[C@@H]1C[C@]1(NC(=O)[C@@H]1C[C@@H]2CN1C(=O)[C@H](C(C)(C)C)NC(=O)OCC1(CCCCc3cccc4c3CN(C4)C(=O)O2)CCC1)C(=O)NS(=O)(=O)C1CC1. The van der Waals surface area contributed by atoms with Gasteiger partial charge in [0.25, 0.3) is 5.91 Å². The molecule has 6 aliphatic rings. The molecule has 7 rings (SSSR count). The first-order valence-electron chi connectivity index (χ1n) is 19.7. The molecule has 0 radical (unpaired) electrons. The highest BCUT2D eigenvalue weighted by atomic mass is 32.2. The molecule has 0 unspecified atom stereocenters. The largest absolute Gasteiger partial charge is 0.449 e. The van der Waals surface area contributed by atoms with Crippen molar-refractivity contribution in [2.24, 2.45) is 16.7 Å². The van der Waals surface area contributed by atoms with Crippen LogP contribution >= 0.6 is 0 Å². The van der Waals surface area contributed by atoms with Gasteiger partial charge in [-0.15, -0.1) is 0 Å². The van der Waals surface area contributed by atoms with Gasteiger partial charge in [0.15, 0.2) is 0 Å². The number of aryl methyl sites for hydroxylation is 1. The second-order valence-electron chi connectivity index (χ2n) is 17.7. The van der Waals surface area contributed by atoms with Crippen molar-refractivity contribution in [3.05, 3.63) is 34.9 Å². The maximum absolute atomic E-state index is 14.6. The van der Waals surface area contributed by atoms with Crippen LogP contribution in [0.15, 0.2) is 18.2 Å². The number of ether oxygens (including phenoxy) is 2. The zero-order valence-electron chi connectivity index (χ0n) is 31.9. The van der Waals surface area contributed by atoms with Crippen molar-refractivity contribution in [2.45, 2.75) is 147 Å². The summed E-state index contributed by atoms with van der Waals surface area (Å²) in [5, 5.41) is 5.01. The van der Waals surface area contributed by atoms with Crippen LogP contribution in [0.4, 0.5) is 9.59 Å². The van der Waals surface area contributed by atoms with Gasteiger partial charge in [-0.1, -0.05) is 65.2 Å². The van der Waals surface area contributed by atoms with Gasteiger partial charge in [0, 0.05) is 24.9 Å². The van der Waals surface area contributed by atoms with Crippen molar-refractivity contribution in [1.29, 1.82) is 0 Å². The predicted octanol–water partition coefficient (Wildman–Crippen LogP) is 4.04. The Hall–Kier alpha value is -3.88. The molecule has 1 saturated heterocycles. The number of rotatable bonds is 6. The van der Waals surface area contributed by atoms with Crippen molar-refractivity contribution >= 4 is 39.9 Å². The van der Waals surface area contributed by atoms with Crippen LogP contribution in [0.3, 0.4) is 0 Å². The minimum absolute atomic E-state index is 0.0476. The van der Waals surface area contributed by atoms with Gasteiger partial charge >= 0.3 is 12.2 Å². The van der Waals surface area contributed by atoms with E-state index in [0.29, 0.717) is 32.4 Å². The first-order valence-corrected chi connectivity index (χ1v) is 21.3. The van der Waals surface area contributed by atoms with Crippen molar-refractivity contribution in [1.82, 2.24) is 25.2 Å². The Labute approximate surface area is 317 Å². The highest BCUT2D eigenvalue weighted by Gasteiger charge is 2.62. The zero-order chi connectivity index (χ0) is 38.6. The third kappa shape index (κ3) is 7.66. The molecule has 3 N–H and O–H groups in total. The molecular formula is C39H55N5O9S. The smallest absolute Gasteiger partial charge is 0.410 e. The Balaban J connectivity index is 1.16. The summed E-state index contributed by atoms with van der Waals surface area (Å²) in [6.07, 6.45) is 6.28. The minimum Gasteiger partial charge on any atom is -0.449 e. The second kappa shape index (κ2) is 14.3. The van der Waals surface area contributed by atoms with Crippen LogP contribution in [0.2, 0.25) is 0 Å². The molecule has 1 spiro atoms. The number of benzene rings is 1.